The van der Waals surface area contributed by atoms with Gasteiger partial charge in [-0.05, 0) is 19.9 Å². The fourth-order valence-corrected chi connectivity index (χ4v) is 2.27. The second-order valence-electron chi connectivity index (χ2n) is 4.56. The number of rotatable bonds is 4. The molecule has 0 bridgehead atoms. The van der Waals surface area contributed by atoms with Gasteiger partial charge >= 0.3 is 0 Å². The normalized spacial score (nSPS) is 21.4. The quantitative estimate of drug-likeness (QED) is 0.861. The standard InChI is InChI=1S/C14H22N2O/c1-3-17-14-7-5-4-6-13(14)11-16-9-8-15-10-12(16)2/h4-7,12,15H,3,8-11H2,1-2H3. The van der Waals surface area contributed by atoms with Crippen molar-refractivity contribution in [1.29, 1.82) is 0 Å². The zero-order chi connectivity index (χ0) is 12.1. The zero-order valence-electron chi connectivity index (χ0n) is 10.8. The zero-order valence-corrected chi connectivity index (χ0v) is 10.8. The van der Waals surface area contributed by atoms with Crippen LogP contribution in [0.5, 0.6) is 5.75 Å². The predicted molar refractivity (Wildman–Crippen MR) is 70.4 cm³/mol. The Hall–Kier alpha value is -1.06. The van der Waals surface area contributed by atoms with Gasteiger partial charge in [-0.15, -0.1) is 0 Å². The number of para-hydroxylation sites is 1. The van der Waals surface area contributed by atoms with Crippen molar-refractivity contribution in [3.63, 3.8) is 0 Å². The van der Waals surface area contributed by atoms with Gasteiger partial charge < -0.3 is 10.1 Å². The second kappa shape index (κ2) is 6.03. The summed E-state index contributed by atoms with van der Waals surface area (Å²) >= 11 is 0. The first-order valence-electron chi connectivity index (χ1n) is 6.46. The van der Waals surface area contributed by atoms with Gasteiger partial charge in [0.2, 0.25) is 0 Å². The second-order valence-corrected chi connectivity index (χ2v) is 4.56. The third-order valence-electron chi connectivity index (χ3n) is 3.28. The van der Waals surface area contributed by atoms with E-state index in [-0.39, 0.29) is 0 Å². The van der Waals surface area contributed by atoms with Gasteiger partial charge in [-0.25, -0.2) is 0 Å². The molecule has 17 heavy (non-hydrogen) atoms. The molecule has 1 aromatic rings. The number of piperazine rings is 1. The lowest BCUT2D eigenvalue weighted by Gasteiger charge is -2.34. The van der Waals surface area contributed by atoms with Crippen LogP contribution in [0.25, 0.3) is 0 Å². The van der Waals surface area contributed by atoms with E-state index in [0.29, 0.717) is 6.04 Å². The summed E-state index contributed by atoms with van der Waals surface area (Å²) in [6.45, 7) is 9.30. The molecule has 1 N–H and O–H groups in total. The fourth-order valence-electron chi connectivity index (χ4n) is 2.27. The summed E-state index contributed by atoms with van der Waals surface area (Å²) in [7, 11) is 0. The minimum atomic E-state index is 0.596. The Morgan fingerprint density at radius 3 is 3.00 bits per heavy atom. The summed E-state index contributed by atoms with van der Waals surface area (Å²) in [5, 5.41) is 3.42. The van der Waals surface area contributed by atoms with Crippen LogP contribution in [-0.4, -0.2) is 37.2 Å². The van der Waals surface area contributed by atoms with Crippen LogP contribution >= 0.6 is 0 Å². The van der Waals surface area contributed by atoms with E-state index in [0.717, 1.165) is 38.5 Å². The summed E-state index contributed by atoms with van der Waals surface area (Å²) in [6, 6.07) is 8.95. The Bertz CT molecular complexity index is 354. The van der Waals surface area contributed by atoms with E-state index in [9.17, 15) is 0 Å². The van der Waals surface area contributed by atoms with Crippen LogP contribution in [0.1, 0.15) is 19.4 Å². The van der Waals surface area contributed by atoms with Crippen LogP contribution in [0.2, 0.25) is 0 Å². The van der Waals surface area contributed by atoms with Crippen molar-refractivity contribution in [3.05, 3.63) is 29.8 Å². The Morgan fingerprint density at radius 1 is 1.41 bits per heavy atom. The maximum absolute atomic E-state index is 5.67. The highest BCUT2D eigenvalue weighted by atomic mass is 16.5. The Balaban J connectivity index is 2.06. The van der Waals surface area contributed by atoms with Gasteiger partial charge in [-0.3, -0.25) is 4.90 Å². The minimum Gasteiger partial charge on any atom is -0.494 e. The smallest absolute Gasteiger partial charge is 0.123 e. The Labute approximate surface area is 104 Å². The summed E-state index contributed by atoms with van der Waals surface area (Å²) in [6.07, 6.45) is 0. The minimum absolute atomic E-state index is 0.596. The average Bonchev–Trinajstić information content (AvgIpc) is 2.35. The molecule has 0 amide bonds. The van der Waals surface area contributed by atoms with Crippen LogP contribution in [-0.2, 0) is 6.54 Å². The Morgan fingerprint density at radius 2 is 2.24 bits per heavy atom. The molecule has 3 heteroatoms. The van der Waals surface area contributed by atoms with Crippen LogP contribution < -0.4 is 10.1 Å². The SMILES string of the molecule is CCOc1ccccc1CN1CCNCC1C. The largest absolute Gasteiger partial charge is 0.494 e. The molecule has 0 radical (unpaired) electrons. The van der Waals surface area contributed by atoms with Crippen molar-refractivity contribution in [1.82, 2.24) is 10.2 Å². The van der Waals surface area contributed by atoms with Crippen molar-refractivity contribution in [2.24, 2.45) is 0 Å². The Kier molecular flexibility index (Phi) is 4.40. The first-order valence-corrected chi connectivity index (χ1v) is 6.46. The lowest BCUT2D eigenvalue weighted by atomic mass is 10.1. The number of hydrogen-bond acceptors (Lipinski definition) is 3. The topological polar surface area (TPSA) is 24.5 Å². The molecule has 0 saturated carbocycles. The molecule has 1 aromatic carbocycles. The number of nitrogens with zero attached hydrogens (tertiary/aromatic N) is 1. The van der Waals surface area contributed by atoms with E-state index in [1.54, 1.807) is 0 Å². The van der Waals surface area contributed by atoms with Gasteiger partial charge in [0.15, 0.2) is 0 Å². The van der Waals surface area contributed by atoms with Gasteiger partial charge in [0.05, 0.1) is 6.61 Å². The third-order valence-corrected chi connectivity index (χ3v) is 3.28. The van der Waals surface area contributed by atoms with Gasteiger partial charge in [-0.1, -0.05) is 18.2 Å². The van der Waals surface area contributed by atoms with Crippen LogP contribution in [0.3, 0.4) is 0 Å². The number of hydrogen-bond donors (Lipinski definition) is 1. The van der Waals surface area contributed by atoms with E-state index < -0.39 is 0 Å². The molecule has 0 aromatic heterocycles. The van der Waals surface area contributed by atoms with Crippen LogP contribution in [0.4, 0.5) is 0 Å². The van der Waals surface area contributed by atoms with Crippen molar-refractivity contribution >= 4 is 0 Å². The average molecular weight is 234 g/mol. The molecule has 1 unspecified atom stereocenters. The predicted octanol–water partition coefficient (Wildman–Crippen LogP) is 1.88. The molecule has 1 heterocycles. The molecular formula is C14H22N2O. The lowest BCUT2D eigenvalue weighted by molar-refractivity contribution is 0.163. The number of ether oxygens (including phenoxy) is 1. The molecular weight excluding hydrogens is 212 g/mol. The summed E-state index contributed by atoms with van der Waals surface area (Å²) < 4.78 is 5.67. The van der Waals surface area contributed by atoms with E-state index in [2.05, 4.69) is 35.3 Å². The highest BCUT2D eigenvalue weighted by Crippen LogP contribution is 2.21. The molecule has 0 aliphatic carbocycles. The molecule has 1 fully saturated rings. The molecule has 1 atom stereocenters. The van der Waals surface area contributed by atoms with Crippen molar-refractivity contribution in [3.8, 4) is 5.75 Å². The van der Waals surface area contributed by atoms with Crippen molar-refractivity contribution in [2.75, 3.05) is 26.2 Å². The van der Waals surface area contributed by atoms with Crippen LogP contribution in [0.15, 0.2) is 24.3 Å². The van der Waals surface area contributed by atoms with E-state index in [4.69, 9.17) is 4.74 Å². The lowest BCUT2D eigenvalue weighted by Crippen LogP contribution is -2.49. The molecule has 94 valence electrons. The van der Waals surface area contributed by atoms with Crippen LogP contribution in [0, 0.1) is 0 Å². The first-order chi connectivity index (χ1) is 8.31. The highest BCUT2D eigenvalue weighted by molar-refractivity contribution is 5.33. The summed E-state index contributed by atoms with van der Waals surface area (Å²) in [4.78, 5) is 2.51. The van der Waals surface area contributed by atoms with Crippen molar-refractivity contribution < 1.29 is 4.74 Å². The van der Waals surface area contributed by atoms with Gasteiger partial charge in [0, 0.05) is 37.8 Å². The molecule has 3 nitrogen and oxygen atoms in total. The maximum atomic E-state index is 5.67. The highest BCUT2D eigenvalue weighted by Gasteiger charge is 2.18. The van der Waals surface area contributed by atoms with E-state index >= 15 is 0 Å². The molecule has 1 aliphatic rings. The monoisotopic (exact) mass is 234 g/mol. The fraction of sp³-hybridized carbons (Fsp3) is 0.571. The van der Waals surface area contributed by atoms with Gasteiger partial charge in [-0.2, -0.15) is 0 Å². The summed E-state index contributed by atoms with van der Waals surface area (Å²) in [5.41, 5.74) is 1.29. The van der Waals surface area contributed by atoms with E-state index in [1.165, 1.54) is 5.56 Å². The molecule has 0 spiro atoms. The summed E-state index contributed by atoms with van der Waals surface area (Å²) in [5.74, 6) is 1.03. The van der Waals surface area contributed by atoms with E-state index in [1.807, 2.05) is 13.0 Å². The number of nitrogens with one attached hydrogen (secondary N) is 1. The molecule has 1 saturated heterocycles. The third kappa shape index (κ3) is 3.20. The van der Waals surface area contributed by atoms with Crippen molar-refractivity contribution in [2.45, 2.75) is 26.4 Å². The molecule has 1 aliphatic heterocycles. The van der Waals surface area contributed by atoms with Gasteiger partial charge in [0.25, 0.3) is 0 Å². The van der Waals surface area contributed by atoms with Gasteiger partial charge in [0.1, 0.15) is 5.75 Å². The molecule has 2 rings (SSSR count). The maximum Gasteiger partial charge on any atom is 0.123 e. The first kappa shape index (κ1) is 12.4. The number of benzene rings is 1.